The van der Waals surface area contributed by atoms with E-state index in [4.69, 9.17) is 4.52 Å². The maximum atomic E-state index is 12.4. The summed E-state index contributed by atoms with van der Waals surface area (Å²) in [5.74, 6) is 2.22. The van der Waals surface area contributed by atoms with Crippen molar-refractivity contribution in [2.75, 3.05) is 33.2 Å². The second kappa shape index (κ2) is 9.58. The topological polar surface area (TPSA) is 78.6 Å². The highest BCUT2D eigenvalue weighted by atomic mass is 19.4. The van der Waals surface area contributed by atoms with E-state index in [1.165, 1.54) is 4.90 Å². The normalized spacial score (nSPS) is 17.8. The van der Waals surface area contributed by atoms with E-state index in [9.17, 15) is 13.2 Å². The van der Waals surface area contributed by atoms with Gasteiger partial charge in [-0.1, -0.05) is 25.9 Å². The van der Waals surface area contributed by atoms with E-state index < -0.39 is 12.7 Å². The van der Waals surface area contributed by atoms with E-state index in [1.807, 2.05) is 20.8 Å². The molecule has 0 unspecified atom stereocenters. The number of hydrogen-bond donors (Lipinski definition) is 2. The Balaban J connectivity index is 1.66. The third kappa shape index (κ3) is 7.65. The summed E-state index contributed by atoms with van der Waals surface area (Å²) in [6.07, 6.45) is -1.62. The Hall–Kier alpha value is -1.84. The van der Waals surface area contributed by atoms with Crippen LogP contribution in [0.25, 0.3) is 0 Å². The van der Waals surface area contributed by atoms with E-state index in [2.05, 4.69) is 25.8 Å². The highest BCUT2D eigenvalue weighted by Crippen LogP contribution is 2.24. The maximum Gasteiger partial charge on any atom is 0.401 e. The molecule has 0 radical (unpaired) electrons. The van der Waals surface area contributed by atoms with Crippen molar-refractivity contribution in [2.24, 2.45) is 10.9 Å². The van der Waals surface area contributed by atoms with E-state index in [0.717, 1.165) is 19.3 Å². The number of alkyl halides is 3. The first-order valence-corrected chi connectivity index (χ1v) is 9.63. The smallest absolute Gasteiger partial charge is 0.356 e. The van der Waals surface area contributed by atoms with Crippen LogP contribution in [-0.4, -0.2) is 60.4 Å². The Morgan fingerprint density at radius 1 is 1.21 bits per heavy atom. The van der Waals surface area contributed by atoms with Crippen molar-refractivity contribution in [1.82, 2.24) is 25.7 Å². The standard InChI is InChI=1S/C18H31F3N6O/c1-17(2,3)15-25-14(26-28-15)11-24-16(22-4)23-8-5-13-6-9-27(10-7-13)12-18(19,20)21/h13H,5-12H2,1-4H3,(H2,22,23,24). The molecular weight excluding hydrogens is 373 g/mol. The molecule has 1 aliphatic heterocycles. The minimum Gasteiger partial charge on any atom is -0.356 e. The van der Waals surface area contributed by atoms with Gasteiger partial charge in [0, 0.05) is 19.0 Å². The minimum atomic E-state index is -4.11. The Morgan fingerprint density at radius 2 is 1.89 bits per heavy atom. The summed E-state index contributed by atoms with van der Waals surface area (Å²) in [4.78, 5) is 10.0. The summed E-state index contributed by atoms with van der Waals surface area (Å²) in [5, 5.41) is 10.3. The highest BCUT2D eigenvalue weighted by Gasteiger charge is 2.32. The zero-order valence-electron chi connectivity index (χ0n) is 17.1. The molecule has 0 amide bonds. The van der Waals surface area contributed by atoms with Crippen molar-refractivity contribution in [3.8, 4) is 0 Å². The molecule has 1 aliphatic rings. The van der Waals surface area contributed by atoms with Crippen LogP contribution in [-0.2, 0) is 12.0 Å². The lowest BCUT2D eigenvalue weighted by Gasteiger charge is -2.32. The van der Waals surface area contributed by atoms with Crippen LogP contribution in [0, 0.1) is 5.92 Å². The quantitative estimate of drug-likeness (QED) is 0.561. The number of nitrogens with zero attached hydrogens (tertiary/aromatic N) is 4. The summed E-state index contributed by atoms with van der Waals surface area (Å²) in [7, 11) is 1.68. The number of aromatic nitrogens is 2. The number of hydrogen-bond acceptors (Lipinski definition) is 5. The van der Waals surface area contributed by atoms with Gasteiger partial charge in [-0.05, 0) is 38.3 Å². The van der Waals surface area contributed by atoms with Gasteiger partial charge in [-0.3, -0.25) is 9.89 Å². The second-order valence-corrected chi connectivity index (χ2v) is 8.24. The second-order valence-electron chi connectivity index (χ2n) is 8.24. The van der Waals surface area contributed by atoms with Crippen LogP contribution in [0.3, 0.4) is 0 Å². The first kappa shape index (κ1) is 22.4. The summed E-state index contributed by atoms with van der Waals surface area (Å²) < 4.78 is 42.6. The molecule has 1 fully saturated rings. The monoisotopic (exact) mass is 404 g/mol. The van der Waals surface area contributed by atoms with Crippen LogP contribution in [0.5, 0.6) is 0 Å². The van der Waals surface area contributed by atoms with E-state index >= 15 is 0 Å². The third-order valence-corrected chi connectivity index (χ3v) is 4.70. The molecule has 160 valence electrons. The van der Waals surface area contributed by atoms with Gasteiger partial charge in [-0.25, -0.2) is 0 Å². The highest BCUT2D eigenvalue weighted by molar-refractivity contribution is 5.79. The molecule has 2 heterocycles. The number of likely N-dealkylation sites (tertiary alicyclic amines) is 1. The van der Waals surface area contributed by atoms with Gasteiger partial charge in [0.05, 0.1) is 13.1 Å². The minimum absolute atomic E-state index is 0.194. The van der Waals surface area contributed by atoms with Gasteiger partial charge in [-0.2, -0.15) is 18.2 Å². The van der Waals surface area contributed by atoms with E-state index in [-0.39, 0.29) is 5.41 Å². The van der Waals surface area contributed by atoms with Crippen LogP contribution < -0.4 is 10.6 Å². The van der Waals surface area contributed by atoms with Crippen molar-refractivity contribution in [2.45, 2.75) is 58.2 Å². The summed E-state index contributed by atoms with van der Waals surface area (Å²) >= 11 is 0. The largest absolute Gasteiger partial charge is 0.401 e. The SMILES string of the molecule is CN=C(NCCC1CCN(CC(F)(F)F)CC1)NCc1noc(C(C)(C)C)n1. The first-order chi connectivity index (χ1) is 13.1. The fourth-order valence-electron chi connectivity index (χ4n) is 3.10. The average Bonchev–Trinajstić information content (AvgIpc) is 3.07. The Kier molecular flexibility index (Phi) is 7.68. The molecule has 0 atom stereocenters. The lowest BCUT2D eigenvalue weighted by molar-refractivity contribution is -0.148. The van der Waals surface area contributed by atoms with Crippen molar-refractivity contribution in [1.29, 1.82) is 0 Å². The van der Waals surface area contributed by atoms with Crippen LogP contribution in [0.15, 0.2) is 9.52 Å². The van der Waals surface area contributed by atoms with Crippen LogP contribution >= 0.6 is 0 Å². The Morgan fingerprint density at radius 3 is 2.43 bits per heavy atom. The molecule has 0 bridgehead atoms. The molecule has 0 aliphatic carbocycles. The summed E-state index contributed by atoms with van der Waals surface area (Å²) in [6.45, 7) is 7.33. The van der Waals surface area contributed by atoms with Crippen LogP contribution in [0.1, 0.15) is 51.7 Å². The van der Waals surface area contributed by atoms with Crippen molar-refractivity contribution < 1.29 is 17.7 Å². The molecule has 28 heavy (non-hydrogen) atoms. The van der Waals surface area contributed by atoms with Crippen LogP contribution in [0.4, 0.5) is 13.2 Å². The van der Waals surface area contributed by atoms with E-state index in [1.54, 1.807) is 7.05 Å². The number of aliphatic imine (C=N–C) groups is 1. The van der Waals surface area contributed by atoms with Gasteiger partial charge >= 0.3 is 6.18 Å². The average molecular weight is 404 g/mol. The van der Waals surface area contributed by atoms with E-state index in [0.29, 0.717) is 49.8 Å². The predicted molar refractivity (Wildman–Crippen MR) is 101 cm³/mol. The zero-order chi connectivity index (χ0) is 20.8. The molecule has 2 N–H and O–H groups in total. The molecule has 2 rings (SSSR count). The maximum absolute atomic E-state index is 12.4. The molecule has 1 saturated heterocycles. The molecule has 7 nitrogen and oxygen atoms in total. The lowest BCUT2D eigenvalue weighted by atomic mass is 9.93. The molecule has 1 aromatic heterocycles. The third-order valence-electron chi connectivity index (χ3n) is 4.70. The summed E-state index contributed by atoms with van der Waals surface area (Å²) in [5.41, 5.74) is -0.194. The van der Waals surface area contributed by atoms with Gasteiger partial charge in [-0.15, -0.1) is 0 Å². The molecular formula is C18H31F3N6O. The first-order valence-electron chi connectivity index (χ1n) is 9.63. The number of nitrogens with one attached hydrogen (secondary N) is 2. The van der Waals surface area contributed by atoms with Gasteiger partial charge in [0.25, 0.3) is 0 Å². The van der Waals surface area contributed by atoms with Gasteiger partial charge < -0.3 is 15.2 Å². The molecule has 10 heteroatoms. The lowest BCUT2D eigenvalue weighted by Crippen LogP contribution is -2.41. The van der Waals surface area contributed by atoms with Crippen LogP contribution in [0.2, 0.25) is 0 Å². The number of halogens is 3. The van der Waals surface area contributed by atoms with Crippen molar-refractivity contribution >= 4 is 5.96 Å². The molecule has 1 aromatic rings. The number of rotatable bonds is 6. The summed E-state index contributed by atoms with van der Waals surface area (Å²) in [6, 6.07) is 0. The fraction of sp³-hybridized carbons (Fsp3) is 0.833. The van der Waals surface area contributed by atoms with Gasteiger partial charge in [0.1, 0.15) is 0 Å². The van der Waals surface area contributed by atoms with Gasteiger partial charge in [0.15, 0.2) is 11.8 Å². The molecule has 0 saturated carbocycles. The zero-order valence-corrected chi connectivity index (χ0v) is 17.1. The van der Waals surface area contributed by atoms with Gasteiger partial charge in [0.2, 0.25) is 5.89 Å². The number of guanidine groups is 1. The Labute approximate surface area is 164 Å². The molecule has 0 spiro atoms. The van der Waals surface area contributed by atoms with Crippen molar-refractivity contribution in [3.63, 3.8) is 0 Å². The molecule has 0 aromatic carbocycles. The number of piperidine rings is 1. The fourth-order valence-corrected chi connectivity index (χ4v) is 3.10. The predicted octanol–water partition coefficient (Wildman–Crippen LogP) is 2.70. The van der Waals surface area contributed by atoms with Crippen molar-refractivity contribution in [3.05, 3.63) is 11.7 Å². The Bertz CT molecular complexity index is 630.